The Morgan fingerprint density at radius 2 is 1.64 bits per heavy atom. The molecule has 0 aromatic heterocycles. The predicted molar refractivity (Wildman–Crippen MR) is 55.9 cm³/mol. The molecular weight excluding hydrogens is 206 g/mol. The van der Waals surface area contributed by atoms with Crippen LogP contribution in [0.25, 0.3) is 0 Å². The van der Waals surface area contributed by atoms with Gasteiger partial charge in [0.25, 0.3) is 0 Å². The fourth-order valence-corrected chi connectivity index (χ4v) is 0.880. The summed E-state index contributed by atoms with van der Waals surface area (Å²) < 4.78 is 10.3. The number of hydrogen-bond acceptors (Lipinski definition) is 4. The van der Waals surface area contributed by atoms with Crippen LogP contribution in [0.3, 0.4) is 0 Å². The lowest BCUT2D eigenvalue weighted by Gasteiger charge is -2.05. The van der Waals surface area contributed by atoms with Crippen LogP contribution in [0.15, 0.2) is 24.3 Å². The van der Waals surface area contributed by atoms with Gasteiger partial charge in [-0.25, -0.2) is 5.90 Å². The Morgan fingerprint density at radius 3 is 2.14 bits per heavy atom. The van der Waals surface area contributed by atoms with Gasteiger partial charge >= 0.3 is 0 Å². The van der Waals surface area contributed by atoms with Gasteiger partial charge in [-0.2, -0.15) is 0 Å². The molecule has 0 amide bonds. The van der Waals surface area contributed by atoms with Crippen molar-refractivity contribution in [2.45, 2.75) is 0 Å². The van der Waals surface area contributed by atoms with Crippen molar-refractivity contribution in [2.24, 2.45) is 5.90 Å². The molecule has 0 aliphatic heterocycles. The van der Waals surface area contributed by atoms with E-state index >= 15 is 0 Å². The van der Waals surface area contributed by atoms with Gasteiger partial charge in [0.15, 0.2) is 0 Å². The molecule has 0 fully saturated rings. The Bertz CT molecular complexity index is 240. The van der Waals surface area contributed by atoms with Crippen molar-refractivity contribution in [3.05, 3.63) is 24.3 Å². The first-order valence-corrected chi connectivity index (χ1v) is 3.95. The molecular formula is C9H14ClNO3. The molecule has 0 bridgehead atoms. The van der Waals surface area contributed by atoms with Crippen molar-refractivity contribution in [1.82, 2.24) is 0 Å². The summed E-state index contributed by atoms with van der Waals surface area (Å²) in [6.45, 7) is 0.828. The quantitative estimate of drug-likeness (QED) is 0.601. The molecule has 1 aromatic rings. The van der Waals surface area contributed by atoms with Crippen LogP contribution in [0, 0.1) is 0 Å². The lowest BCUT2D eigenvalue weighted by Crippen LogP contribution is -2.09. The summed E-state index contributed by atoms with van der Waals surface area (Å²) in [5.41, 5.74) is 0. The molecule has 0 spiro atoms. The van der Waals surface area contributed by atoms with Crippen LogP contribution >= 0.6 is 12.4 Å². The van der Waals surface area contributed by atoms with E-state index in [0.29, 0.717) is 13.2 Å². The normalized spacial score (nSPS) is 9.00. The van der Waals surface area contributed by atoms with Crippen LogP contribution in [0.2, 0.25) is 0 Å². The number of ether oxygens (including phenoxy) is 2. The van der Waals surface area contributed by atoms with E-state index in [1.807, 2.05) is 24.3 Å². The molecule has 0 heterocycles. The highest BCUT2D eigenvalue weighted by Gasteiger charge is 1.93. The second kappa shape index (κ2) is 7.44. The SMILES string of the molecule is COc1ccc(OCCON)cc1.Cl. The Balaban J connectivity index is 0.00000169. The fourth-order valence-electron chi connectivity index (χ4n) is 0.880. The molecule has 1 aromatic carbocycles. The number of nitrogens with two attached hydrogens (primary N) is 1. The number of hydrogen-bond donors (Lipinski definition) is 1. The van der Waals surface area contributed by atoms with Gasteiger partial charge < -0.3 is 14.3 Å². The Labute approximate surface area is 89.3 Å². The van der Waals surface area contributed by atoms with Crippen LogP contribution in [0.5, 0.6) is 11.5 Å². The molecule has 14 heavy (non-hydrogen) atoms. The number of benzene rings is 1. The summed E-state index contributed by atoms with van der Waals surface area (Å²) in [4.78, 5) is 4.36. The lowest BCUT2D eigenvalue weighted by atomic mass is 10.3. The summed E-state index contributed by atoms with van der Waals surface area (Å²) in [6, 6.07) is 7.32. The average molecular weight is 220 g/mol. The highest BCUT2D eigenvalue weighted by molar-refractivity contribution is 5.85. The van der Waals surface area contributed by atoms with Crippen molar-refractivity contribution in [3.8, 4) is 11.5 Å². The van der Waals surface area contributed by atoms with Gasteiger partial charge in [0, 0.05) is 0 Å². The number of methoxy groups -OCH3 is 1. The van der Waals surface area contributed by atoms with Crippen LogP contribution < -0.4 is 15.4 Å². The third kappa shape index (κ3) is 4.32. The summed E-state index contributed by atoms with van der Waals surface area (Å²) >= 11 is 0. The lowest BCUT2D eigenvalue weighted by molar-refractivity contribution is 0.102. The molecule has 0 unspecified atom stereocenters. The molecule has 1 rings (SSSR count). The highest BCUT2D eigenvalue weighted by atomic mass is 35.5. The van der Waals surface area contributed by atoms with Crippen LogP contribution in [0.4, 0.5) is 0 Å². The molecule has 0 radical (unpaired) electrons. The van der Waals surface area contributed by atoms with Crippen LogP contribution in [-0.4, -0.2) is 20.3 Å². The first kappa shape index (κ1) is 13.0. The summed E-state index contributed by atoms with van der Waals surface area (Å²) in [5, 5.41) is 0. The average Bonchev–Trinajstić information content (AvgIpc) is 2.19. The Kier molecular flexibility index (Phi) is 6.92. The maximum atomic E-state index is 5.29. The van der Waals surface area contributed by atoms with Crippen molar-refractivity contribution in [1.29, 1.82) is 0 Å². The third-order valence-electron chi connectivity index (χ3n) is 1.53. The third-order valence-corrected chi connectivity index (χ3v) is 1.53. The fraction of sp³-hybridized carbons (Fsp3) is 0.333. The maximum absolute atomic E-state index is 5.29. The molecule has 0 atom stereocenters. The minimum Gasteiger partial charge on any atom is -0.497 e. The molecule has 80 valence electrons. The molecule has 0 aliphatic rings. The molecule has 4 nitrogen and oxygen atoms in total. The largest absolute Gasteiger partial charge is 0.497 e. The molecule has 0 aliphatic carbocycles. The first-order chi connectivity index (χ1) is 6.36. The zero-order chi connectivity index (χ0) is 9.52. The van der Waals surface area contributed by atoms with Gasteiger partial charge in [0.1, 0.15) is 24.7 Å². The van der Waals surface area contributed by atoms with E-state index in [1.54, 1.807) is 7.11 Å². The number of rotatable bonds is 5. The van der Waals surface area contributed by atoms with E-state index in [1.165, 1.54) is 0 Å². The van der Waals surface area contributed by atoms with E-state index in [-0.39, 0.29) is 12.4 Å². The standard InChI is InChI=1S/C9H13NO3.ClH/c1-11-8-2-4-9(5-3-8)12-6-7-13-10;/h2-5H,6-7,10H2,1H3;1H. The van der Waals surface area contributed by atoms with E-state index in [9.17, 15) is 0 Å². The molecule has 2 N–H and O–H groups in total. The minimum atomic E-state index is 0. The van der Waals surface area contributed by atoms with Gasteiger partial charge in [0.2, 0.25) is 0 Å². The number of halogens is 1. The zero-order valence-corrected chi connectivity index (χ0v) is 8.75. The monoisotopic (exact) mass is 219 g/mol. The zero-order valence-electron chi connectivity index (χ0n) is 7.93. The topological polar surface area (TPSA) is 53.7 Å². The summed E-state index contributed by atoms with van der Waals surface area (Å²) in [5.74, 6) is 6.42. The summed E-state index contributed by atoms with van der Waals surface area (Å²) in [7, 11) is 1.62. The van der Waals surface area contributed by atoms with Crippen molar-refractivity contribution in [2.75, 3.05) is 20.3 Å². The van der Waals surface area contributed by atoms with Gasteiger partial charge in [-0.3, -0.25) is 0 Å². The van der Waals surface area contributed by atoms with E-state index in [2.05, 4.69) is 4.84 Å². The van der Waals surface area contributed by atoms with Gasteiger partial charge in [-0.05, 0) is 24.3 Å². The summed E-state index contributed by atoms with van der Waals surface area (Å²) in [6.07, 6.45) is 0. The van der Waals surface area contributed by atoms with Crippen molar-refractivity contribution in [3.63, 3.8) is 0 Å². The van der Waals surface area contributed by atoms with E-state index in [4.69, 9.17) is 15.4 Å². The van der Waals surface area contributed by atoms with Crippen LogP contribution in [0.1, 0.15) is 0 Å². The molecule has 0 saturated heterocycles. The maximum Gasteiger partial charge on any atom is 0.119 e. The van der Waals surface area contributed by atoms with Gasteiger partial charge in [0.05, 0.1) is 7.11 Å². The van der Waals surface area contributed by atoms with E-state index in [0.717, 1.165) is 11.5 Å². The van der Waals surface area contributed by atoms with Crippen LogP contribution in [-0.2, 0) is 4.84 Å². The smallest absolute Gasteiger partial charge is 0.119 e. The molecule has 0 saturated carbocycles. The van der Waals surface area contributed by atoms with Crippen molar-refractivity contribution >= 4 is 12.4 Å². The highest BCUT2D eigenvalue weighted by Crippen LogP contribution is 2.16. The molecule has 5 heteroatoms. The predicted octanol–water partition coefficient (Wildman–Crippen LogP) is 1.39. The van der Waals surface area contributed by atoms with Gasteiger partial charge in [-0.1, -0.05) is 0 Å². The Morgan fingerprint density at radius 1 is 1.07 bits per heavy atom. The second-order valence-corrected chi connectivity index (χ2v) is 2.39. The van der Waals surface area contributed by atoms with Crippen molar-refractivity contribution < 1.29 is 14.3 Å². The van der Waals surface area contributed by atoms with E-state index < -0.39 is 0 Å². The second-order valence-electron chi connectivity index (χ2n) is 2.39. The first-order valence-electron chi connectivity index (χ1n) is 3.95. The minimum absolute atomic E-state index is 0. The van der Waals surface area contributed by atoms with Gasteiger partial charge in [-0.15, -0.1) is 12.4 Å². The Hall–Kier alpha value is -0.970.